The monoisotopic (exact) mass is 530 g/mol. The summed E-state index contributed by atoms with van der Waals surface area (Å²) in [5.74, 6) is 0. The molecule has 3 nitrogen and oxygen atoms in total. The van der Waals surface area contributed by atoms with Gasteiger partial charge in [0.1, 0.15) is 5.41 Å². The molecule has 3 aromatic rings. The van der Waals surface area contributed by atoms with Gasteiger partial charge in [0.2, 0.25) is 0 Å². The van der Waals surface area contributed by atoms with Crippen LogP contribution in [-0.4, -0.2) is 37.3 Å². The van der Waals surface area contributed by atoms with Crippen LogP contribution in [0.15, 0.2) is 91.0 Å². The summed E-state index contributed by atoms with van der Waals surface area (Å²) in [4.78, 5) is 0. The largest absolute Gasteiger partial charge is 1.00 e. The van der Waals surface area contributed by atoms with Crippen molar-refractivity contribution in [2.45, 2.75) is 37.7 Å². The van der Waals surface area contributed by atoms with Crippen LogP contribution in [0.25, 0.3) is 0 Å². The zero-order chi connectivity index (χ0) is 23.3. The molecule has 3 aliphatic heterocycles. The van der Waals surface area contributed by atoms with Crippen molar-refractivity contribution in [3.8, 4) is 6.07 Å². The van der Waals surface area contributed by atoms with Crippen molar-refractivity contribution in [1.82, 2.24) is 0 Å². The number of ether oxygens (including phenoxy) is 1. The van der Waals surface area contributed by atoms with E-state index in [4.69, 9.17) is 4.74 Å². The van der Waals surface area contributed by atoms with Crippen molar-refractivity contribution >= 4 is 0 Å². The Morgan fingerprint density at radius 2 is 1.26 bits per heavy atom. The van der Waals surface area contributed by atoms with E-state index in [9.17, 15) is 5.26 Å². The number of hydrogen-bond donors (Lipinski definition) is 0. The Balaban J connectivity index is 0.00000289. The fourth-order valence-electron chi connectivity index (χ4n) is 6.63. The molecule has 0 unspecified atom stereocenters. The number of nitriles is 1. The summed E-state index contributed by atoms with van der Waals surface area (Å²) in [7, 11) is 0. The Morgan fingerprint density at radius 3 is 1.74 bits per heavy atom. The summed E-state index contributed by atoms with van der Waals surface area (Å²) in [6.07, 6.45) is 4.42. The Morgan fingerprint density at radius 1 is 0.771 bits per heavy atom. The predicted octanol–water partition coefficient (Wildman–Crippen LogP) is 3.11. The van der Waals surface area contributed by atoms with Crippen molar-refractivity contribution in [2.75, 3.05) is 32.8 Å². The highest BCUT2D eigenvalue weighted by Gasteiger charge is 2.61. The molecular weight excluding hydrogens is 496 g/mol. The number of rotatable bonds is 9. The Labute approximate surface area is 220 Å². The molecule has 0 saturated carbocycles. The zero-order valence-corrected chi connectivity index (χ0v) is 22.0. The van der Waals surface area contributed by atoms with Crippen LogP contribution in [0, 0.1) is 16.7 Å². The molecule has 2 bridgehead atoms. The lowest BCUT2D eigenvalue weighted by Crippen LogP contribution is -3.00. The maximum Gasteiger partial charge on any atom is 0.113 e. The third-order valence-corrected chi connectivity index (χ3v) is 8.60. The third-order valence-electron chi connectivity index (χ3n) is 8.60. The molecule has 0 spiro atoms. The van der Waals surface area contributed by atoms with Crippen LogP contribution < -0.4 is 17.0 Å². The molecule has 0 amide bonds. The van der Waals surface area contributed by atoms with Gasteiger partial charge in [-0.25, -0.2) is 0 Å². The van der Waals surface area contributed by atoms with Gasteiger partial charge in [0.25, 0.3) is 0 Å². The quantitative estimate of drug-likeness (QED) is 0.314. The molecule has 3 fully saturated rings. The van der Waals surface area contributed by atoms with Gasteiger partial charge in [0.05, 0.1) is 45.5 Å². The Kier molecular flexibility index (Phi) is 8.12. The molecule has 35 heavy (non-hydrogen) atoms. The first kappa shape index (κ1) is 25.6. The molecule has 0 atom stereocenters. The van der Waals surface area contributed by atoms with Crippen LogP contribution >= 0.6 is 0 Å². The number of quaternary nitrogens is 1. The molecule has 3 aromatic carbocycles. The van der Waals surface area contributed by atoms with E-state index in [0.717, 1.165) is 43.4 Å². The molecule has 0 radical (unpaired) electrons. The summed E-state index contributed by atoms with van der Waals surface area (Å²) in [5, 5.41) is 10.8. The summed E-state index contributed by atoms with van der Waals surface area (Å²) in [5.41, 5.74) is 2.95. The number of piperidine rings is 3. The Hall–Kier alpha value is -2.45. The van der Waals surface area contributed by atoms with E-state index in [1.807, 2.05) is 6.07 Å². The van der Waals surface area contributed by atoms with Gasteiger partial charge >= 0.3 is 0 Å². The first-order chi connectivity index (χ1) is 16.7. The molecular formula is C31H35BrN2O. The summed E-state index contributed by atoms with van der Waals surface area (Å²) >= 11 is 0. The maximum atomic E-state index is 10.8. The van der Waals surface area contributed by atoms with Crippen LogP contribution in [0.5, 0.6) is 0 Å². The molecule has 0 aliphatic carbocycles. The van der Waals surface area contributed by atoms with E-state index in [-0.39, 0.29) is 22.4 Å². The van der Waals surface area contributed by atoms with Crippen molar-refractivity contribution in [3.05, 3.63) is 108 Å². The zero-order valence-electron chi connectivity index (χ0n) is 20.4. The second kappa shape index (κ2) is 11.1. The van der Waals surface area contributed by atoms with E-state index in [1.54, 1.807) is 0 Å². The lowest BCUT2D eigenvalue weighted by molar-refractivity contribution is -0.946. The lowest BCUT2D eigenvalue weighted by Gasteiger charge is -2.60. The number of benzene rings is 3. The molecule has 3 saturated heterocycles. The minimum absolute atomic E-state index is 0. The van der Waals surface area contributed by atoms with Crippen LogP contribution in [-0.2, 0) is 16.8 Å². The number of nitrogens with zero attached hydrogens (tertiary/aromatic N) is 2. The third kappa shape index (κ3) is 4.83. The van der Waals surface area contributed by atoms with E-state index in [2.05, 4.69) is 91.0 Å². The minimum Gasteiger partial charge on any atom is -1.00 e. The lowest BCUT2D eigenvalue weighted by atomic mass is 9.50. The van der Waals surface area contributed by atoms with Crippen molar-refractivity contribution in [1.29, 1.82) is 5.26 Å². The van der Waals surface area contributed by atoms with Gasteiger partial charge < -0.3 is 26.2 Å². The summed E-state index contributed by atoms with van der Waals surface area (Å²) < 4.78 is 7.16. The average molecular weight is 532 g/mol. The van der Waals surface area contributed by atoms with E-state index in [1.165, 1.54) is 36.2 Å². The SMILES string of the molecule is N#CC(c1ccccc1)(c1ccccc1)C12CC[N+](CCCOCc3ccccc3)(CC1)CC2.[Br-]. The van der Waals surface area contributed by atoms with E-state index in [0.29, 0.717) is 6.61 Å². The molecule has 3 aliphatic rings. The highest BCUT2D eigenvalue weighted by molar-refractivity contribution is 5.49. The normalized spacial score (nSPS) is 23.3. The molecule has 0 aromatic heterocycles. The van der Waals surface area contributed by atoms with Gasteiger partial charge in [-0.1, -0.05) is 91.0 Å². The average Bonchev–Trinajstić information content (AvgIpc) is 2.92. The van der Waals surface area contributed by atoms with Gasteiger partial charge in [-0.05, 0) is 16.7 Å². The van der Waals surface area contributed by atoms with Crippen LogP contribution in [0.3, 0.4) is 0 Å². The van der Waals surface area contributed by atoms with E-state index < -0.39 is 5.41 Å². The fraction of sp³-hybridized carbons (Fsp3) is 0.387. The minimum atomic E-state index is -0.592. The van der Waals surface area contributed by atoms with Crippen molar-refractivity contribution in [3.63, 3.8) is 0 Å². The second-order valence-electron chi connectivity index (χ2n) is 10.3. The van der Waals surface area contributed by atoms with Crippen LogP contribution in [0.1, 0.15) is 42.4 Å². The first-order valence-electron chi connectivity index (χ1n) is 12.7. The highest BCUT2D eigenvalue weighted by atomic mass is 79.9. The van der Waals surface area contributed by atoms with E-state index >= 15 is 0 Å². The van der Waals surface area contributed by atoms with Crippen LogP contribution in [0.4, 0.5) is 0 Å². The standard InChI is InChI=1S/C31H35N2O.BrH/c32-26-31(28-13-6-2-7-14-28,29-15-8-3-9-16-29)30-17-21-33(22-18-30,23-19-30)20-10-24-34-25-27-11-4-1-5-12-27;/h1-9,11-16H,10,17-25H2;1H/q+1;/p-1. The number of fused-ring (bicyclic) bond motifs is 3. The molecule has 4 heteroatoms. The van der Waals surface area contributed by atoms with Gasteiger partial charge in [-0.3, -0.25) is 0 Å². The Bertz CT molecular complexity index is 1050. The molecule has 182 valence electrons. The van der Waals surface area contributed by atoms with Crippen LogP contribution in [0.2, 0.25) is 0 Å². The number of halogens is 1. The smallest absolute Gasteiger partial charge is 0.113 e. The first-order valence-corrected chi connectivity index (χ1v) is 12.7. The van der Waals surface area contributed by atoms with Gasteiger partial charge in [-0.2, -0.15) is 5.26 Å². The van der Waals surface area contributed by atoms with Crippen molar-refractivity contribution < 1.29 is 26.2 Å². The fourth-order valence-corrected chi connectivity index (χ4v) is 6.63. The van der Waals surface area contributed by atoms with Gasteiger partial charge in [-0.15, -0.1) is 0 Å². The molecule has 3 heterocycles. The van der Waals surface area contributed by atoms with Gasteiger partial charge in [0.15, 0.2) is 0 Å². The second-order valence-corrected chi connectivity index (χ2v) is 10.3. The summed E-state index contributed by atoms with van der Waals surface area (Å²) in [6.45, 7) is 6.20. The van der Waals surface area contributed by atoms with Crippen molar-refractivity contribution in [2.24, 2.45) is 5.41 Å². The highest BCUT2D eigenvalue weighted by Crippen LogP contribution is 2.58. The maximum absolute atomic E-state index is 10.8. The molecule has 6 rings (SSSR count). The van der Waals surface area contributed by atoms with Gasteiger partial charge in [0, 0.05) is 31.1 Å². The topological polar surface area (TPSA) is 33.0 Å². The molecule has 0 N–H and O–H groups in total. The number of hydrogen-bond acceptors (Lipinski definition) is 2. The summed E-state index contributed by atoms with van der Waals surface area (Å²) in [6, 6.07) is 34.4. The predicted molar refractivity (Wildman–Crippen MR) is 136 cm³/mol.